The Labute approximate surface area is 129 Å². The van der Waals surface area contributed by atoms with Crippen LogP contribution in [-0.2, 0) is 15.1 Å². The van der Waals surface area contributed by atoms with Crippen LogP contribution in [0.25, 0.3) is 0 Å². The van der Waals surface area contributed by atoms with Gasteiger partial charge in [0.1, 0.15) is 0 Å². The van der Waals surface area contributed by atoms with Crippen LogP contribution in [0.1, 0.15) is 11.1 Å². The number of ether oxygens (including phenoxy) is 1. The first kappa shape index (κ1) is 13.3. The van der Waals surface area contributed by atoms with Crippen LogP contribution in [0.5, 0.6) is 0 Å². The zero-order chi connectivity index (χ0) is 15.0. The Kier molecular flexibility index (Phi) is 3.09. The van der Waals surface area contributed by atoms with Gasteiger partial charge >= 0.3 is 5.97 Å². The highest BCUT2D eigenvalue weighted by Crippen LogP contribution is 2.49. The Hall–Kier alpha value is -2.39. The molecule has 2 aromatic carbocycles. The lowest BCUT2D eigenvalue weighted by Crippen LogP contribution is -2.35. The fraction of sp³-hybridized carbons (Fsp3) is 0.211. The van der Waals surface area contributed by atoms with Crippen molar-refractivity contribution in [2.45, 2.75) is 5.60 Å². The van der Waals surface area contributed by atoms with E-state index in [0.29, 0.717) is 6.54 Å². The minimum absolute atomic E-state index is 0.147. The van der Waals surface area contributed by atoms with Crippen molar-refractivity contribution in [3.05, 3.63) is 83.4 Å². The molecule has 0 saturated carbocycles. The number of nitrogens with one attached hydrogen (secondary N) is 1. The molecule has 1 unspecified atom stereocenters. The molecule has 110 valence electrons. The first-order valence-corrected chi connectivity index (χ1v) is 7.57. The highest BCUT2D eigenvalue weighted by Gasteiger charge is 2.53. The third-order valence-corrected chi connectivity index (χ3v) is 4.50. The van der Waals surface area contributed by atoms with Crippen molar-refractivity contribution in [1.29, 1.82) is 0 Å². The smallest absolute Gasteiger partial charge is 0.316 e. The van der Waals surface area contributed by atoms with Gasteiger partial charge in [0.25, 0.3) is 0 Å². The van der Waals surface area contributed by atoms with Gasteiger partial charge in [0.05, 0.1) is 5.92 Å². The molecule has 3 nitrogen and oxygen atoms in total. The summed E-state index contributed by atoms with van der Waals surface area (Å²) in [6.45, 7) is 1.41. The minimum atomic E-state index is -0.785. The third-order valence-electron chi connectivity index (χ3n) is 4.50. The van der Waals surface area contributed by atoms with E-state index in [9.17, 15) is 4.79 Å². The maximum atomic E-state index is 12.5. The summed E-state index contributed by atoms with van der Waals surface area (Å²) in [6.07, 6.45) is 2.11. The van der Waals surface area contributed by atoms with Crippen molar-refractivity contribution >= 4 is 5.97 Å². The second-order valence-electron chi connectivity index (χ2n) is 5.70. The molecule has 1 atom stereocenters. The van der Waals surface area contributed by atoms with E-state index in [4.69, 9.17) is 4.74 Å². The molecule has 2 aliphatic heterocycles. The van der Waals surface area contributed by atoms with Gasteiger partial charge in [-0.25, -0.2) is 0 Å². The van der Waals surface area contributed by atoms with Crippen molar-refractivity contribution in [2.24, 2.45) is 5.92 Å². The molecule has 2 aromatic rings. The van der Waals surface area contributed by atoms with Crippen LogP contribution in [0.15, 0.2) is 72.3 Å². The van der Waals surface area contributed by atoms with Gasteiger partial charge in [0, 0.05) is 24.2 Å². The quantitative estimate of drug-likeness (QED) is 0.683. The summed E-state index contributed by atoms with van der Waals surface area (Å²) in [6, 6.07) is 20.0. The molecular formula is C19H17NO2. The Morgan fingerprint density at radius 1 is 0.955 bits per heavy atom. The molecule has 2 heterocycles. The van der Waals surface area contributed by atoms with E-state index >= 15 is 0 Å². The molecule has 0 aromatic heterocycles. The molecule has 4 rings (SSSR count). The number of fused-ring (bicyclic) bond motifs is 1. The summed E-state index contributed by atoms with van der Waals surface area (Å²) in [4.78, 5) is 12.5. The SMILES string of the molecule is O=C1OC(c2ccccc2)(c2ccccc2)C2=CCNCC12. The summed E-state index contributed by atoms with van der Waals surface area (Å²) in [5.41, 5.74) is 2.29. The van der Waals surface area contributed by atoms with Gasteiger partial charge in [-0.05, 0) is 5.57 Å². The third kappa shape index (κ3) is 1.82. The van der Waals surface area contributed by atoms with Crippen LogP contribution in [-0.4, -0.2) is 19.1 Å². The van der Waals surface area contributed by atoms with Gasteiger partial charge in [-0.3, -0.25) is 4.79 Å². The van der Waals surface area contributed by atoms with Crippen LogP contribution in [0.2, 0.25) is 0 Å². The predicted octanol–water partition coefficient (Wildman–Crippen LogP) is 2.63. The summed E-state index contributed by atoms with van der Waals surface area (Å²) < 4.78 is 6.02. The van der Waals surface area contributed by atoms with Crippen molar-refractivity contribution in [1.82, 2.24) is 5.32 Å². The van der Waals surface area contributed by atoms with E-state index in [-0.39, 0.29) is 11.9 Å². The Morgan fingerprint density at radius 3 is 2.14 bits per heavy atom. The van der Waals surface area contributed by atoms with Crippen LogP contribution < -0.4 is 5.32 Å². The molecule has 2 aliphatic rings. The van der Waals surface area contributed by atoms with Gasteiger partial charge in [-0.2, -0.15) is 0 Å². The van der Waals surface area contributed by atoms with Crippen molar-refractivity contribution in [3.8, 4) is 0 Å². The number of hydrogen-bond acceptors (Lipinski definition) is 3. The lowest BCUT2D eigenvalue weighted by molar-refractivity contribution is -0.148. The van der Waals surface area contributed by atoms with Gasteiger partial charge < -0.3 is 10.1 Å². The zero-order valence-electron chi connectivity index (χ0n) is 12.2. The van der Waals surface area contributed by atoms with E-state index in [1.54, 1.807) is 0 Å². The van der Waals surface area contributed by atoms with Crippen LogP contribution >= 0.6 is 0 Å². The number of esters is 1. The molecule has 0 aliphatic carbocycles. The second-order valence-corrected chi connectivity index (χ2v) is 5.70. The summed E-state index contributed by atoms with van der Waals surface area (Å²) >= 11 is 0. The van der Waals surface area contributed by atoms with Crippen LogP contribution in [0.3, 0.4) is 0 Å². The van der Waals surface area contributed by atoms with Crippen molar-refractivity contribution < 1.29 is 9.53 Å². The van der Waals surface area contributed by atoms with E-state index in [1.165, 1.54) is 0 Å². The highest BCUT2D eigenvalue weighted by molar-refractivity contribution is 5.83. The second kappa shape index (κ2) is 5.11. The lowest BCUT2D eigenvalue weighted by atomic mass is 9.76. The Balaban J connectivity index is 1.98. The molecule has 0 amide bonds. The number of benzene rings is 2. The molecule has 0 bridgehead atoms. The van der Waals surface area contributed by atoms with Gasteiger partial charge in [0.2, 0.25) is 0 Å². The highest BCUT2D eigenvalue weighted by atomic mass is 16.6. The first-order valence-electron chi connectivity index (χ1n) is 7.57. The van der Waals surface area contributed by atoms with Crippen molar-refractivity contribution in [2.75, 3.05) is 13.1 Å². The van der Waals surface area contributed by atoms with Crippen LogP contribution in [0, 0.1) is 5.92 Å². The molecule has 1 N–H and O–H groups in total. The zero-order valence-corrected chi connectivity index (χ0v) is 12.2. The minimum Gasteiger partial charge on any atom is -0.444 e. The first-order chi connectivity index (χ1) is 10.8. The summed E-state index contributed by atoms with van der Waals surface area (Å²) in [5, 5.41) is 3.25. The molecule has 1 fully saturated rings. The van der Waals surface area contributed by atoms with E-state index < -0.39 is 5.60 Å². The average molecular weight is 291 g/mol. The molecule has 0 radical (unpaired) electrons. The topological polar surface area (TPSA) is 38.3 Å². The van der Waals surface area contributed by atoms with E-state index in [1.807, 2.05) is 60.7 Å². The standard InChI is InChI=1S/C19H17NO2/c21-18-16-13-20-12-11-17(16)19(22-18,14-7-3-1-4-8-14)15-9-5-2-6-10-15/h1-11,16,20H,12-13H2. The average Bonchev–Trinajstić information content (AvgIpc) is 2.91. The predicted molar refractivity (Wildman–Crippen MR) is 84.2 cm³/mol. The fourth-order valence-electron chi connectivity index (χ4n) is 3.51. The molecule has 3 heteroatoms. The maximum Gasteiger partial charge on any atom is 0.316 e. The fourth-order valence-corrected chi connectivity index (χ4v) is 3.51. The van der Waals surface area contributed by atoms with Crippen LogP contribution in [0.4, 0.5) is 0 Å². The Bertz CT molecular complexity index is 682. The lowest BCUT2D eigenvalue weighted by Gasteiger charge is -2.32. The largest absolute Gasteiger partial charge is 0.444 e. The normalized spacial score (nSPS) is 22.6. The number of carbonyl (C=O) groups excluding carboxylic acids is 1. The number of carbonyl (C=O) groups is 1. The number of hydrogen-bond donors (Lipinski definition) is 1. The summed E-state index contributed by atoms with van der Waals surface area (Å²) in [5.74, 6) is -0.347. The number of rotatable bonds is 2. The monoisotopic (exact) mass is 291 g/mol. The molecule has 0 spiro atoms. The van der Waals surface area contributed by atoms with Crippen molar-refractivity contribution in [3.63, 3.8) is 0 Å². The summed E-state index contributed by atoms with van der Waals surface area (Å²) in [7, 11) is 0. The Morgan fingerprint density at radius 2 is 1.55 bits per heavy atom. The van der Waals surface area contributed by atoms with Gasteiger partial charge in [0.15, 0.2) is 5.60 Å². The van der Waals surface area contributed by atoms with Gasteiger partial charge in [-0.1, -0.05) is 66.7 Å². The van der Waals surface area contributed by atoms with Gasteiger partial charge in [-0.15, -0.1) is 0 Å². The maximum absolute atomic E-state index is 12.5. The molecular weight excluding hydrogens is 274 g/mol. The molecule has 22 heavy (non-hydrogen) atoms. The van der Waals surface area contributed by atoms with E-state index in [0.717, 1.165) is 23.2 Å². The molecule has 1 saturated heterocycles. The van der Waals surface area contributed by atoms with E-state index in [2.05, 4.69) is 11.4 Å². The number of cyclic esters (lactones) is 1.